The van der Waals surface area contributed by atoms with Gasteiger partial charge in [0.25, 0.3) is 0 Å². The van der Waals surface area contributed by atoms with Crippen LogP contribution in [0.1, 0.15) is 31.7 Å². The number of piperidine rings is 1. The van der Waals surface area contributed by atoms with Gasteiger partial charge in [0.1, 0.15) is 0 Å². The first-order valence-corrected chi connectivity index (χ1v) is 7.11. The Morgan fingerprint density at radius 2 is 1.79 bits per heavy atom. The minimum atomic E-state index is 0.0752. The summed E-state index contributed by atoms with van der Waals surface area (Å²) in [5.41, 5.74) is 1.44. The summed E-state index contributed by atoms with van der Waals surface area (Å²) in [6.45, 7) is 3.66. The number of nitrogens with zero attached hydrogens (tertiary/aromatic N) is 2. The maximum atomic E-state index is 11.8. The minimum Gasteiger partial charge on any atom is -0.343 e. The van der Waals surface area contributed by atoms with E-state index in [4.69, 9.17) is 0 Å². The highest BCUT2D eigenvalue weighted by Crippen LogP contribution is 2.37. The Morgan fingerprint density at radius 1 is 1.21 bits per heavy atom. The van der Waals surface area contributed by atoms with Gasteiger partial charge in [-0.3, -0.25) is 9.69 Å². The van der Waals surface area contributed by atoms with Crippen molar-refractivity contribution in [2.24, 2.45) is 0 Å². The summed E-state index contributed by atoms with van der Waals surface area (Å²) >= 11 is 0. The molecule has 2 rings (SSSR count). The summed E-state index contributed by atoms with van der Waals surface area (Å²) < 4.78 is 0. The van der Waals surface area contributed by atoms with Crippen LogP contribution in [0, 0.1) is 0 Å². The van der Waals surface area contributed by atoms with Gasteiger partial charge in [0.15, 0.2) is 0 Å². The zero-order chi connectivity index (χ0) is 13.9. The van der Waals surface area contributed by atoms with Crippen molar-refractivity contribution >= 4 is 5.91 Å². The summed E-state index contributed by atoms with van der Waals surface area (Å²) in [6.07, 6.45) is 2.63. The Bertz CT molecular complexity index is 420. The summed E-state index contributed by atoms with van der Waals surface area (Å²) in [5.74, 6) is 0.278. The lowest BCUT2D eigenvalue weighted by Crippen LogP contribution is -2.51. The largest absolute Gasteiger partial charge is 0.343 e. The first-order chi connectivity index (χ1) is 9.10. The SMILES string of the molecule is CCC(=O)N1CCC(c2ccccc2)(N(C)C)CC1. The smallest absolute Gasteiger partial charge is 0.222 e. The van der Waals surface area contributed by atoms with E-state index in [1.54, 1.807) is 0 Å². The molecule has 0 radical (unpaired) electrons. The molecule has 0 N–H and O–H groups in total. The van der Waals surface area contributed by atoms with Gasteiger partial charge in [0, 0.05) is 25.0 Å². The van der Waals surface area contributed by atoms with Crippen molar-refractivity contribution in [3.05, 3.63) is 35.9 Å². The molecule has 1 heterocycles. The Hall–Kier alpha value is -1.35. The molecule has 1 aliphatic heterocycles. The second kappa shape index (κ2) is 5.74. The van der Waals surface area contributed by atoms with Crippen LogP contribution in [0.3, 0.4) is 0 Å². The monoisotopic (exact) mass is 260 g/mol. The number of benzene rings is 1. The maximum Gasteiger partial charge on any atom is 0.222 e. The molecule has 1 aromatic carbocycles. The lowest BCUT2D eigenvalue weighted by Gasteiger charge is -2.46. The predicted molar refractivity (Wildman–Crippen MR) is 77.9 cm³/mol. The van der Waals surface area contributed by atoms with Gasteiger partial charge in [0.05, 0.1) is 0 Å². The van der Waals surface area contributed by atoms with Gasteiger partial charge >= 0.3 is 0 Å². The number of likely N-dealkylation sites (tertiary alicyclic amines) is 1. The van der Waals surface area contributed by atoms with Crippen molar-refractivity contribution in [3.8, 4) is 0 Å². The number of carbonyl (C=O) groups is 1. The molecule has 0 bridgehead atoms. The molecule has 0 spiro atoms. The molecule has 0 unspecified atom stereocenters. The van der Waals surface area contributed by atoms with Gasteiger partial charge < -0.3 is 4.90 Å². The highest BCUT2D eigenvalue weighted by molar-refractivity contribution is 5.75. The van der Waals surface area contributed by atoms with Crippen LogP contribution in [0.2, 0.25) is 0 Å². The first kappa shape index (κ1) is 14.1. The molecule has 0 saturated carbocycles. The van der Waals surface area contributed by atoms with Gasteiger partial charge in [-0.05, 0) is 32.5 Å². The highest BCUT2D eigenvalue weighted by Gasteiger charge is 2.38. The second-order valence-corrected chi connectivity index (χ2v) is 5.53. The topological polar surface area (TPSA) is 23.6 Å². The highest BCUT2D eigenvalue weighted by atomic mass is 16.2. The third-order valence-electron chi connectivity index (χ3n) is 4.41. The van der Waals surface area contributed by atoms with Crippen LogP contribution in [0.25, 0.3) is 0 Å². The molecular weight excluding hydrogens is 236 g/mol. The summed E-state index contributed by atoms with van der Waals surface area (Å²) in [4.78, 5) is 16.1. The second-order valence-electron chi connectivity index (χ2n) is 5.53. The molecule has 1 aliphatic rings. The van der Waals surface area contributed by atoms with E-state index in [0.717, 1.165) is 25.9 Å². The van der Waals surface area contributed by atoms with E-state index in [0.29, 0.717) is 6.42 Å². The van der Waals surface area contributed by atoms with Crippen molar-refractivity contribution in [2.75, 3.05) is 27.2 Å². The van der Waals surface area contributed by atoms with Crippen molar-refractivity contribution in [3.63, 3.8) is 0 Å². The fourth-order valence-corrected chi connectivity index (χ4v) is 3.09. The molecule has 19 heavy (non-hydrogen) atoms. The molecule has 1 aromatic rings. The molecule has 0 aliphatic carbocycles. The third kappa shape index (κ3) is 2.66. The summed E-state index contributed by atoms with van der Waals surface area (Å²) in [5, 5.41) is 0. The van der Waals surface area contributed by atoms with Crippen molar-refractivity contribution < 1.29 is 4.79 Å². The van der Waals surface area contributed by atoms with E-state index in [2.05, 4.69) is 49.3 Å². The van der Waals surface area contributed by atoms with E-state index in [-0.39, 0.29) is 11.4 Å². The average Bonchev–Trinajstić information content (AvgIpc) is 2.47. The predicted octanol–water partition coefficient (Wildman–Crippen LogP) is 2.48. The maximum absolute atomic E-state index is 11.8. The molecule has 0 atom stereocenters. The first-order valence-electron chi connectivity index (χ1n) is 7.11. The van der Waals surface area contributed by atoms with Gasteiger partial charge in [-0.25, -0.2) is 0 Å². The Morgan fingerprint density at radius 3 is 2.26 bits per heavy atom. The molecule has 1 saturated heterocycles. The van der Waals surface area contributed by atoms with Crippen LogP contribution in [0.4, 0.5) is 0 Å². The van der Waals surface area contributed by atoms with E-state index < -0.39 is 0 Å². The molecule has 104 valence electrons. The number of rotatable bonds is 3. The van der Waals surface area contributed by atoms with Crippen LogP contribution in [0.5, 0.6) is 0 Å². The quantitative estimate of drug-likeness (QED) is 0.833. The van der Waals surface area contributed by atoms with Crippen molar-refractivity contribution in [1.82, 2.24) is 9.80 Å². The molecule has 0 aromatic heterocycles. The van der Waals surface area contributed by atoms with Crippen LogP contribution in [-0.2, 0) is 10.3 Å². The van der Waals surface area contributed by atoms with Gasteiger partial charge in [-0.15, -0.1) is 0 Å². The van der Waals surface area contributed by atoms with Gasteiger partial charge in [-0.1, -0.05) is 37.3 Å². The normalized spacial score (nSPS) is 18.6. The zero-order valence-electron chi connectivity index (χ0n) is 12.2. The van der Waals surface area contributed by atoms with Gasteiger partial charge in [-0.2, -0.15) is 0 Å². The Labute approximate surface area is 116 Å². The lowest BCUT2D eigenvalue weighted by molar-refractivity contribution is -0.133. The zero-order valence-corrected chi connectivity index (χ0v) is 12.2. The number of hydrogen-bond acceptors (Lipinski definition) is 2. The van der Waals surface area contributed by atoms with Gasteiger partial charge in [0.2, 0.25) is 5.91 Å². The number of hydrogen-bond donors (Lipinski definition) is 0. The van der Waals surface area contributed by atoms with E-state index >= 15 is 0 Å². The van der Waals surface area contributed by atoms with Crippen LogP contribution >= 0.6 is 0 Å². The Balaban J connectivity index is 2.19. The van der Waals surface area contributed by atoms with Crippen molar-refractivity contribution in [1.29, 1.82) is 0 Å². The van der Waals surface area contributed by atoms with E-state index in [9.17, 15) is 4.79 Å². The third-order valence-corrected chi connectivity index (χ3v) is 4.41. The lowest BCUT2D eigenvalue weighted by atomic mass is 9.80. The van der Waals surface area contributed by atoms with E-state index in [1.165, 1.54) is 5.56 Å². The summed E-state index contributed by atoms with van der Waals surface area (Å²) in [6, 6.07) is 10.7. The minimum absolute atomic E-state index is 0.0752. The summed E-state index contributed by atoms with van der Waals surface area (Å²) in [7, 11) is 4.29. The van der Waals surface area contributed by atoms with Crippen LogP contribution in [-0.4, -0.2) is 42.9 Å². The number of amides is 1. The molecule has 3 heteroatoms. The molecular formula is C16H24N2O. The molecule has 1 amide bonds. The Kier molecular flexibility index (Phi) is 4.25. The van der Waals surface area contributed by atoms with Crippen LogP contribution in [0.15, 0.2) is 30.3 Å². The average molecular weight is 260 g/mol. The fourth-order valence-electron chi connectivity index (χ4n) is 3.09. The fraction of sp³-hybridized carbons (Fsp3) is 0.562. The van der Waals surface area contributed by atoms with E-state index in [1.807, 2.05) is 11.8 Å². The molecule has 1 fully saturated rings. The van der Waals surface area contributed by atoms with Crippen LogP contribution < -0.4 is 0 Å². The number of carbonyl (C=O) groups excluding carboxylic acids is 1. The van der Waals surface area contributed by atoms with Crippen molar-refractivity contribution in [2.45, 2.75) is 31.7 Å². The standard InChI is InChI=1S/C16H24N2O/c1-4-15(19)18-12-10-16(11-13-18,17(2)3)14-8-6-5-7-9-14/h5-9H,4,10-13H2,1-3H3. The molecule has 3 nitrogen and oxygen atoms in total.